The maximum atomic E-state index is 12.5. The molecular weight excluding hydrogens is 342 g/mol. The molecule has 9 heteroatoms. The minimum absolute atomic E-state index is 0.0264. The highest BCUT2D eigenvalue weighted by Gasteiger charge is 2.43. The molecule has 0 spiro atoms. The molecule has 2 aliphatic rings. The molecule has 3 rings (SSSR count). The van der Waals surface area contributed by atoms with Crippen LogP contribution in [-0.2, 0) is 9.16 Å². The molecule has 0 amide bonds. The maximum Gasteiger partial charge on any atom is 0.354 e. The van der Waals surface area contributed by atoms with Crippen LogP contribution >= 0.6 is 0 Å². The van der Waals surface area contributed by atoms with Crippen LogP contribution in [0.3, 0.4) is 0 Å². The summed E-state index contributed by atoms with van der Waals surface area (Å²) in [6.07, 6.45) is 0.124. The Morgan fingerprint density at radius 1 is 1.29 bits per heavy atom. The number of aromatic nitrogens is 2. The lowest BCUT2D eigenvalue weighted by atomic mass is 10.2. The van der Waals surface area contributed by atoms with Crippen LogP contribution in [-0.4, -0.2) is 44.9 Å². The molecule has 134 valence electrons. The van der Waals surface area contributed by atoms with Crippen LogP contribution < -0.4 is 15.4 Å². The van der Waals surface area contributed by atoms with E-state index in [0.717, 1.165) is 0 Å². The highest BCUT2D eigenvalue weighted by Crippen LogP contribution is 2.37. The van der Waals surface area contributed by atoms with Gasteiger partial charge in [0.25, 0.3) is 0 Å². The molecule has 0 aliphatic carbocycles. The van der Waals surface area contributed by atoms with E-state index in [2.05, 4.69) is 49.2 Å². The SMILES string of the molecule is C[Si](C)(C)Nc1cc2n(c(=O)n1)[C@H]1C[C@H](O[Si](C)(C)C)[C@@H](CO2)O1. The number of hydrogen-bond acceptors (Lipinski definition) is 6. The number of anilines is 1. The highest BCUT2D eigenvalue weighted by atomic mass is 28.4. The molecule has 24 heavy (non-hydrogen) atoms. The van der Waals surface area contributed by atoms with Gasteiger partial charge in [0.15, 0.2) is 8.32 Å². The van der Waals surface area contributed by atoms with Gasteiger partial charge < -0.3 is 18.9 Å². The predicted octanol–water partition coefficient (Wildman–Crippen LogP) is 2.39. The molecule has 0 radical (unpaired) electrons. The number of rotatable bonds is 4. The Morgan fingerprint density at radius 2 is 2.00 bits per heavy atom. The van der Waals surface area contributed by atoms with E-state index >= 15 is 0 Å². The van der Waals surface area contributed by atoms with Crippen molar-refractivity contribution < 1.29 is 13.9 Å². The van der Waals surface area contributed by atoms with Crippen molar-refractivity contribution in [3.8, 4) is 5.88 Å². The van der Waals surface area contributed by atoms with Crippen LogP contribution in [0, 0.1) is 0 Å². The van der Waals surface area contributed by atoms with Gasteiger partial charge in [-0.15, -0.1) is 0 Å². The maximum absolute atomic E-state index is 12.5. The molecule has 1 aromatic heterocycles. The van der Waals surface area contributed by atoms with Gasteiger partial charge in [-0.25, -0.2) is 9.36 Å². The highest BCUT2D eigenvalue weighted by molar-refractivity contribution is 6.79. The first-order chi connectivity index (χ1) is 11.0. The summed E-state index contributed by atoms with van der Waals surface area (Å²) in [5.41, 5.74) is -0.340. The van der Waals surface area contributed by atoms with Gasteiger partial charge in [0, 0.05) is 12.5 Å². The zero-order valence-corrected chi connectivity index (χ0v) is 17.3. The lowest BCUT2D eigenvalue weighted by Gasteiger charge is -2.27. The summed E-state index contributed by atoms with van der Waals surface area (Å²) in [6.45, 7) is 13.3. The fraction of sp³-hybridized carbons (Fsp3) is 0.733. The van der Waals surface area contributed by atoms with Crippen molar-refractivity contribution in [1.29, 1.82) is 0 Å². The largest absolute Gasteiger partial charge is 0.476 e. The van der Waals surface area contributed by atoms with Crippen LogP contribution in [0.15, 0.2) is 10.9 Å². The van der Waals surface area contributed by atoms with Gasteiger partial charge in [0.2, 0.25) is 5.88 Å². The van der Waals surface area contributed by atoms with Gasteiger partial charge in [0.1, 0.15) is 33.0 Å². The standard InChI is InChI=1S/C15H27N3O4Si2/c1-23(2,3)17-12-8-13-18(15(19)16-12)14-7-10(22-24(4,5)6)11(21-14)9-20-13/h8,10-11,14H,7,9H2,1-6H3,(H,16,17,19)/t10-,11+,14+/m0/s1. The van der Waals surface area contributed by atoms with E-state index in [9.17, 15) is 4.79 Å². The zero-order valence-electron chi connectivity index (χ0n) is 15.3. The minimum atomic E-state index is -1.68. The quantitative estimate of drug-likeness (QED) is 0.822. The van der Waals surface area contributed by atoms with Gasteiger partial charge >= 0.3 is 5.69 Å². The van der Waals surface area contributed by atoms with Crippen molar-refractivity contribution in [2.75, 3.05) is 11.6 Å². The Morgan fingerprint density at radius 3 is 2.62 bits per heavy atom. The van der Waals surface area contributed by atoms with Crippen molar-refractivity contribution in [3.05, 3.63) is 16.6 Å². The number of ether oxygens (including phenoxy) is 2. The van der Waals surface area contributed by atoms with Crippen molar-refractivity contribution in [3.63, 3.8) is 0 Å². The molecule has 0 aromatic carbocycles. The summed E-state index contributed by atoms with van der Waals surface area (Å²) in [5.74, 6) is 1.10. The molecule has 7 nitrogen and oxygen atoms in total. The van der Waals surface area contributed by atoms with Gasteiger partial charge in [-0.2, -0.15) is 4.98 Å². The van der Waals surface area contributed by atoms with Crippen molar-refractivity contribution >= 4 is 22.4 Å². The molecule has 2 bridgehead atoms. The molecule has 1 aromatic rings. The van der Waals surface area contributed by atoms with Crippen molar-refractivity contribution in [2.24, 2.45) is 0 Å². The Labute approximate surface area is 144 Å². The first-order valence-electron chi connectivity index (χ1n) is 8.40. The first kappa shape index (κ1) is 17.7. The monoisotopic (exact) mass is 369 g/mol. The van der Waals surface area contributed by atoms with Gasteiger partial charge in [-0.3, -0.25) is 0 Å². The molecule has 0 saturated carbocycles. The average molecular weight is 370 g/mol. The number of fused-ring (bicyclic) bond motifs is 4. The summed E-state index contributed by atoms with van der Waals surface area (Å²) < 4.78 is 19.6. The van der Waals surface area contributed by atoms with E-state index in [1.54, 1.807) is 6.07 Å². The summed E-state index contributed by atoms with van der Waals surface area (Å²) in [7, 11) is -3.28. The Kier molecular flexibility index (Phi) is 4.39. The zero-order chi connectivity index (χ0) is 17.7. The van der Waals surface area contributed by atoms with Crippen LogP contribution in [0.4, 0.5) is 5.82 Å². The molecule has 1 saturated heterocycles. The minimum Gasteiger partial charge on any atom is -0.476 e. The second-order valence-electron chi connectivity index (χ2n) is 8.45. The predicted molar refractivity (Wildman–Crippen MR) is 97.7 cm³/mol. The first-order valence-corrected chi connectivity index (χ1v) is 15.3. The van der Waals surface area contributed by atoms with Crippen LogP contribution in [0.5, 0.6) is 5.88 Å². The van der Waals surface area contributed by atoms with Crippen molar-refractivity contribution in [1.82, 2.24) is 9.55 Å². The third kappa shape index (κ3) is 3.90. The fourth-order valence-electron chi connectivity index (χ4n) is 3.05. The van der Waals surface area contributed by atoms with E-state index in [4.69, 9.17) is 13.9 Å². The number of nitrogens with zero attached hydrogens (tertiary/aromatic N) is 2. The Hall–Kier alpha value is -1.17. The van der Waals surface area contributed by atoms with Crippen LogP contribution in [0.1, 0.15) is 12.6 Å². The molecule has 3 heterocycles. The second kappa shape index (κ2) is 5.97. The van der Waals surface area contributed by atoms with E-state index in [0.29, 0.717) is 24.7 Å². The summed E-state index contributed by atoms with van der Waals surface area (Å²) in [4.78, 5) is 20.1. The normalized spacial score (nSPS) is 26.5. The summed E-state index contributed by atoms with van der Waals surface area (Å²) in [6, 6.07) is 1.80. The van der Waals surface area contributed by atoms with Crippen LogP contribution in [0.2, 0.25) is 39.3 Å². The van der Waals surface area contributed by atoms with Gasteiger partial charge in [-0.05, 0) is 19.6 Å². The molecule has 1 fully saturated rings. The van der Waals surface area contributed by atoms with Crippen molar-refractivity contribution in [2.45, 2.75) is 64.1 Å². The van der Waals surface area contributed by atoms with Gasteiger partial charge in [-0.1, -0.05) is 19.6 Å². The number of nitrogens with one attached hydrogen (secondary N) is 1. The van der Waals surface area contributed by atoms with E-state index < -0.39 is 16.6 Å². The third-order valence-electron chi connectivity index (χ3n) is 3.79. The smallest absolute Gasteiger partial charge is 0.354 e. The van der Waals surface area contributed by atoms with E-state index in [-0.39, 0.29) is 24.1 Å². The Bertz CT molecular complexity index is 681. The summed E-state index contributed by atoms with van der Waals surface area (Å²) in [5, 5.41) is 0. The molecular formula is C15H27N3O4Si2. The van der Waals surface area contributed by atoms with Gasteiger partial charge in [0.05, 0.1) is 6.10 Å². The second-order valence-corrected chi connectivity index (χ2v) is 17.7. The number of hydrogen-bond donors (Lipinski definition) is 1. The molecule has 2 aliphatic heterocycles. The molecule has 3 atom stereocenters. The van der Waals surface area contributed by atoms with E-state index in [1.807, 2.05) is 0 Å². The lowest BCUT2D eigenvalue weighted by molar-refractivity contribution is -0.0181. The summed E-state index contributed by atoms with van der Waals surface area (Å²) >= 11 is 0. The van der Waals surface area contributed by atoms with E-state index in [1.165, 1.54) is 4.57 Å². The molecule has 1 N–H and O–H groups in total. The van der Waals surface area contributed by atoms with Crippen LogP contribution in [0.25, 0.3) is 0 Å². The topological polar surface area (TPSA) is 74.6 Å². The third-order valence-corrected chi connectivity index (χ3v) is 5.81. The Balaban J connectivity index is 1.88. The lowest BCUT2D eigenvalue weighted by Crippen LogP contribution is -2.39. The average Bonchev–Trinajstić information content (AvgIpc) is 2.62. The fourth-order valence-corrected chi connectivity index (χ4v) is 5.10. The molecule has 0 unspecified atom stereocenters.